The van der Waals surface area contributed by atoms with E-state index in [4.69, 9.17) is 0 Å². The van der Waals surface area contributed by atoms with Crippen molar-refractivity contribution in [2.75, 3.05) is 16.7 Å². The fraction of sp³-hybridized carbons (Fsp3) is 0.556. The van der Waals surface area contributed by atoms with Gasteiger partial charge in [0.25, 0.3) is 0 Å². The molecular formula is C18H22N2O3S3. The van der Waals surface area contributed by atoms with Crippen molar-refractivity contribution in [2.45, 2.75) is 37.4 Å². The van der Waals surface area contributed by atoms with Crippen LogP contribution < -0.4 is 4.72 Å². The molecule has 2 aliphatic rings. The van der Waals surface area contributed by atoms with Crippen molar-refractivity contribution >= 4 is 54.8 Å². The number of anilines is 1. The smallest absolute Gasteiger partial charge is 0.233 e. The predicted octanol–water partition coefficient (Wildman–Crippen LogP) is 4.16. The summed E-state index contributed by atoms with van der Waals surface area (Å²) in [7, 11) is -3.63. The fourth-order valence-electron chi connectivity index (χ4n) is 4.70. The van der Waals surface area contributed by atoms with Crippen LogP contribution in [-0.2, 0) is 14.8 Å². The van der Waals surface area contributed by atoms with Gasteiger partial charge >= 0.3 is 0 Å². The topological polar surface area (TPSA) is 76.1 Å². The molecule has 1 aromatic carbocycles. The van der Waals surface area contributed by atoms with Crippen LogP contribution in [0.3, 0.4) is 0 Å². The van der Waals surface area contributed by atoms with Gasteiger partial charge in [-0.05, 0) is 48.6 Å². The lowest BCUT2D eigenvalue weighted by molar-refractivity contribution is -0.128. The summed E-state index contributed by atoms with van der Waals surface area (Å²) in [6, 6.07) is 5.39. The largest absolute Gasteiger partial charge is 0.299 e. The third kappa shape index (κ3) is 2.68. The second-order valence-corrected chi connectivity index (χ2v) is 11.7. The average Bonchev–Trinajstić information content (AvgIpc) is 3.12. The lowest BCUT2D eigenvalue weighted by Crippen LogP contribution is -2.43. The molecule has 2 aliphatic carbocycles. The van der Waals surface area contributed by atoms with Gasteiger partial charge in [0.05, 0.1) is 27.1 Å². The van der Waals surface area contributed by atoms with E-state index < -0.39 is 15.4 Å². The van der Waals surface area contributed by atoms with Crippen LogP contribution in [-0.4, -0.2) is 31.2 Å². The zero-order valence-electron chi connectivity index (χ0n) is 15.0. The number of ketones is 1. The van der Waals surface area contributed by atoms with Gasteiger partial charge in [-0.2, -0.15) is 0 Å². The Morgan fingerprint density at radius 2 is 2.15 bits per heavy atom. The molecule has 140 valence electrons. The van der Waals surface area contributed by atoms with Crippen LogP contribution in [0.5, 0.6) is 0 Å². The quantitative estimate of drug-likeness (QED) is 0.749. The first-order valence-electron chi connectivity index (χ1n) is 8.65. The van der Waals surface area contributed by atoms with Gasteiger partial charge in [0.2, 0.25) is 10.0 Å². The monoisotopic (exact) mass is 410 g/mol. The zero-order chi connectivity index (χ0) is 18.7. The standard InChI is InChI=1S/C18H22N2O3S3/c1-17(2)11-6-7-18(17,15(21)8-11)10-26(22,23)20-12-4-5-13-14(9-12)25-16(19-13)24-3/h4-5,9,11,20H,6-8,10H2,1-3H3. The molecule has 2 bridgehead atoms. The first kappa shape index (κ1) is 18.3. The molecule has 8 heteroatoms. The second-order valence-electron chi connectivity index (χ2n) is 7.89. The molecule has 1 N–H and O–H groups in total. The number of sulfonamides is 1. The average molecular weight is 411 g/mol. The third-order valence-corrected chi connectivity index (χ3v) is 9.82. The van der Waals surface area contributed by atoms with E-state index >= 15 is 0 Å². The summed E-state index contributed by atoms with van der Waals surface area (Å²) in [5.74, 6) is 0.300. The summed E-state index contributed by atoms with van der Waals surface area (Å²) in [5, 5.41) is 0. The first-order chi connectivity index (χ1) is 12.2. The highest BCUT2D eigenvalue weighted by molar-refractivity contribution is 8.00. The van der Waals surface area contributed by atoms with Crippen molar-refractivity contribution in [1.29, 1.82) is 0 Å². The fourth-order valence-corrected chi connectivity index (χ4v) is 8.12. The number of fused-ring (bicyclic) bond motifs is 3. The molecule has 5 nitrogen and oxygen atoms in total. The van der Waals surface area contributed by atoms with E-state index in [-0.39, 0.29) is 17.0 Å². The maximum atomic E-state index is 12.9. The van der Waals surface area contributed by atoms with E-state index in [1.54, 1.807) is 29.2 Å². The summed E-state index contributed by atoms with van der Waals surface area (Å²) in [6.07, 6.45) is 4.11. The van der Waals surface area contributed by atoms with Crippen LogP contribution in [0.4, 0.5) is 5.69 Å². The number of thioether (sulfide) groups is 1. The van der Waals surface area contributed by atoms with Gasteiger partial charge in [-0.25, -0.2) is 13.4 Å². The van der Waals surface area contributed by atoms with Crippen LogP contribution in [0, 0.1) is 16.7 Å². The molecule has 26 heavy (non-hydrogen) atoms. The van der Waals surface area contributed by atoms with Crippen molar-refractivity contribution in [3.63, 3.8) is 0 Å². The summed E-state index contributed by atoms with van der Waals surface area (Å²) in [5.41, 5.74) is 0.396. The zero-order valence-corrected chi connectivity index (χ0v) is 17.5. The number of nitrogens with one attached hydrogen (secondary N) is 1. The minimum atomic E-state index is -3.63. The Labute approximate surface area is 162 Å². The number of carbonyl (C=O) groups excluding carboxylic acids is 1. The summed E-state index contributed by atoms with van der Waals surface area (Å²) < 4.78 is 30.4. The predicted molar refractivity (Wildman–Crippen MR) is 107 cm³/mol. The Balaban J connectivity index is 1.61. The molecule has 0 spiro atoms. The van der Waals surface area contributed by atoms with E-state index in [1.807, 2.05) is 18.4 Å². The van der Waals surface area contributed by atoms with E-state index in [0.29, 0.717) is 24.4 Å². The van der Waals surface area contributed by atoms with Gasteiger partial charge in [0.15, 0.2) is 4.34 Å². The van der Waals surface area contributed by atoms with Crippen molar-refractivity contribution in [3.8, 4) is 0 Å². The number of hydrogen-bond donors (Lipinski definition) is 1. The van der Waals surface area contributed by atoms with Crippen LogP contribution in [0.2, 0.25) is 0 Å². The maximum Gasteiger partial charge on any atom is 0.233 e. The summed E-state index contributed by atoms with van der Waals surface area (Å²) >= 11 is 3.12. The number of benzene rings is 1. The first-order valence-corrected chi connectivity index (χ1v) is 12.3. The van der Waals surface area contributed by atoms with Crippen LogP contribution >= 0.6 is 23.1 Å². The Hall–Kier alpha value is -1.12. The Kier molecular flexibility index (Phi) is 4.17. The van der Waals surface area contributed by atoms with E-state index in [2.05, 4.69) is 23.6 Å². The summed E-state index contributed by atoms with van der Waals surface area (Å²) in [4.78, 5) is 17.1. The molecule has 2 atom stereocenters. The van der Waals surface area contributed by atoms with Crippen LogP contribution in [0.15, 0.2) is 22.5 Å². The molecule has 0 radical (unpaired) electrons. The number of carbonyl (C=O) groups is 1. The maximum absolute atomic E-state index is 12.9. The Bertz CT molecular complexity index is 996. The summed E-state index contributed by atoms with van der Waals surface area (Å²) in [6.45, 7) is 4.11. The third-order valence-electron chi connectivity index (χ3n) is 6.39. The molecule has 0 amide bonds. The molecule has 4 rings (SSSR count). The SMILES string of the molecule is CSc1nc2ccc(NS(=O)(=O)CC34CCC(CC3=O)C4(C)C)cc2s1. The van der Waals surface area contributed by atoms with Crippen LogP contribution in [0.25, 0.3) is 10.2 Å². The highest BCUT2D eigenvalue weighted by Gasteiger charge is 2.65. The molecule has 2 aromatic rings. The minimum absolute atomic E-state index is 0.117. The van der Waals surface area contributed by atoms with Gasteiger partial charge in [-0.1, -0.05) is 25.6 Å². The lowest BCUT2D eigenvalue weighted by atomic mass is 9.70. The molecule has 1 heterocycles. The molecule has 0 saturated heterocycles. The minimum Gasteiger partial charge on any atom is -0.299 e. The molecule has 0 aliphatic heterocycles. The molecule has 2 saturated carbocycles. The number of rotatable bonds is 5. The lowest BCUT2D eigenvalue weighted by Gasteiger charge is -2.36. The highest BCUT2D eigenvalue weighted by atomic mass is 32.2. The Morgan fingerprint density at radius 3 is 2.77 bits per heavy atom. The van der Waals surface area contributed by atoms with Crippen LogP contribution in [0.1, 0.15) is 33.1 Å². The van der Waals surface area contributed by atoms with Crippen molar-refractivity contribution in [3.05, 3.63) is 18.2 Å². The van der Waals surface area contributed by atoms with Gasteiger partial charge in [0, 0.05) is 6.42 Å². The number of thiazole rings is 1. The highest BCUT2D eigenvalue weighted by Crippen LogP contribution is 2.64. The Morgan fingerprint density at radius 1 is 1.38 bits per heavy atom. The number of hydrogen-bond acceptors (Lipinski definition) is 6. The van der Waals surface area contributed by atoms with Crippen molar-refractivity contribution in [2.24, 2.45) is 16.7 Å². The van der Waals surface area contributed by atoms with Gasteiger partial charge in [-0.15, -0.1) is 11.3 Å². The van der Waals surface area contributed by atoms with Gasteiger partial charge in [-0.3, -0.25) is 9.52 Å². The molecular weight excluding hydrogens is 388 g/mol. The van der Waals surface area contributed by atoms with E-state index in [9.17, 15) is 13.2 Å². The molecule has 2 unspecified atom stereocenters. The molecule has 2 fully saturated rings. The second kappa shape index (κ2) is 5.94. The normalized spacial score (nSPS) is 27.3. The number of Topliss-reactive ketones (excluding diaryl/α,β-unsaturated/α-hetero) is 1. The number of nitrogens with zero attached hydrogens (tertiary/aromatic N) is 1. The van der Waals surface area contributed by atoms with Crippen molar-refractivity contribution < 1.29 is 13.2 Å². The number of aromatic nitrogens is 1. The van der Waals surface area contributed by atoms with Gasteiger partial charge in [0.1, 0.15) is 5.78 Å². The van der Waals surface area contributed by atoms with E-state index in [0.717, 1.165) is 21.0 Å². The van der Waals surface area contributed by atoms with Gasteiger partial charge < -0.3 is 0 Å². The molecule has 1 aromatic heterocycles. The van der Waals surface area contributed by atoms with Crippen molar-refractivity contribution in [1.82, 2.24) is 4.98 Å². The van der Waals surface area contributed by atoms with E-state index in [1.165, 1.54) is 0 Å².